The lowest BCUT2D eigenvalue weighted by atomic mass is 9.86. The van der Waals surface area contributed by atoms with Crippen LogP contribution in [0, 0.1) is 17.8 Å². The number of carbonyl (C=O) groups is 1. The van der Waals surface area contributed by atoms with E-state index >= 15 is 0 Å². The van der Waals surface area contributed by atoms with Gasteiger partial charge in [0, 0.05) is 0 Å². The summed E-state index contributed by atoms with van der Waals surface area (Å²) in [7, 11) is 0. The summed E-state index contributed by atoms with van der Waals surface area (Å²) in [5, 5.41) is 3.20. The molecule has 4 nitrogen and oxygen atoms in total. The molecule has 3 rings (SSSR count). The Morgan fingerprint density at radius 1 is 1.06 bits per heavy atom. The fourth-order valence-electron chi connectivity index (χ4n) is 5.68. The maximum absolute atomic E-state index is 12.3. The normalized spacial score (nSPS) is 23.5. The quantitative estimate of drug-likeness (QED) is 0.215. The molecule has 0 spiro atoms. The number of hydrogen-bond acceptors (Lipinski definition) is 4. The summed E-state index contributed by atoms with van der Waals surface area (Å²) in [4.78, 5) is 12.3. The van der Waals surface area contributed by atoms with Crippen LogP contribution >= 0.6 is 0 Å². The monoisotopic (exact) mass is 485 g/mol. The Kier molecular flexibility index (Phi) is 10.9. The second-order valence-electron chi connectivity index (χ2n) is 12.2. The molecule has 0 radical (unpaired) electrons. The van der Waals surface area contributed by atoms with Crippen molar-refractivity contribution in [2.45, 2.75) is 130 Å². The molecule has 2 aliphatic heterocycles. The van der Waals surface area contributed by atoms with E-state index in [1.807, 2.05) is 18.2 Å². The lowest BCUT2D eigenvalue weighted by molar-refractivity contribution is -0.136. The smallest absolute Gasteiger partial charge is 0.328 e. The number of nitrogens with one attached hydrogen (secondary N) is 1. The Labute approximate surface area is 214 Å². The minimum absolute atomic E-state index is 0.0936. The van der Waals surface area contributed by atoms with Crippen molar-refractivity contribution in [3.63, 3.8) is 0 Å². The van der Waals surface area contributed by atoms with Gasteiger partial charge in [-0.3, -0.25) is 0 Å². The van der Waals surface area contributed by atoms with Crippen molar-refractivity contribution in [2.24, 2.45) is 17.8 Å². The van der Waals surface area contributed by atoms with Gasteiger partial charge in [-0.2, -0.15) is 0 Å². The summed E-state index contributed by atoms with van der Waals surface area (Å²) < 4.78 is 12.1. The van der Waals surface area contributed by atoms with E-state index in [1.54, 1.807) is 0 Å². The van der Waals surface area contributed by atoms with E-state index in [0.29, 0.717) is 5.75 Å². The largest absolute Gasteiger partial charge is 0.487 e. The topological polar surface area (TPSA) is 47.6 Å². The van der Waals surface area contributed by atoms with Gasteiger partial charge in [0.15, 0.2) is 0 Å². The first-order valence-corrected chi connectivity index (χ1v) is 14.5. The van der Waals surface area contributed by atoms with Crippen molar-refractivity contribution < 1.29 is 14.3 Å². The van der Waals surface area contributed by atoms with Gasteiger partial charge in [0.25, 0.3) is 0 Å². The molecular weight excluding hydrogens is 434 g/mol. The first-order chi connectivity index (χ1) is 16.7. The van der Waals surface area contributed by atoms with Gasteiger partial charge in [0.05, 0.1) is 0 Å². The van der Waals surface area contributed by atoms with Crippen LogP contribution in [-0.2, 0) is 11.2 Å². The molecular formula is C31H51NO3. The lowest BCUT2D eigenvalue weighted by Gasteiger charge is -2.36. The Morgan fingerprint density at radius 2 is 1.74 bits per heavy atom. The van der Waals surface area contributed by atoms with Crippen molar-refractivity contribution in [2.75, 3.05) is 6.54 Å². The zero-order valence-electron chi connectivity index (χ0n) is 23.2. The molecule has 35 heavy (non-hydrogen) atoms. The summed E-state index contributed by atoms with van der Waals surface area (Å²) >= 11 is 0. The second kappa shape index (κ2) is 13.7. The number of aryl methyl sites for hydroxylation is 1. The fraction of sp³-hybridized carbons (Fsp3) is 0.774. The molecule has 0 aliphatic carbocycles. The lowest BCUT2D eigenvalue weighted by Crippen LogP contribution is -2.36. The van der Waals surface area contributed by atoms with Gasteiger partial charge >= 0.3 is 5.97 Å². The average Bonchev–Trinajstić information content (AvgIpc) is 3.34. The van der Waals surface area contributed by atoms with E-state index < -0.39 is 0 Å². The maximum Gasteiger partial charge on any atom is 0.328 e. The van der Waals surface area contributed by atoms with Crippen LogP contribution in [0.25, 0.3) is 0 Å². The van der Waals surface area contributed by atoms with Crippen molar-refractivity contribution in [3.05, 3.63) is 23.8 Å². The molecule has 1 aromatic carbocycles. The van der Waals surface area contributed by atoms with Gasteiger partial charge in [0.2, 0.25) is 0 Å². The number of fused-ring (bicyclic) bond motifs is 1. The fourth-order valence-corrected chi connectivity index (χ4v) is 5.68. The van der Waals surface area contributed by atoms with Gasteiger partial charge in [0.1, 0.15) is 23.1 Å². The maximum atomic E-state index is 12.3. The molecule has 4 atom stereocenters. The van der Waals surface area contributed by atoms with E-state index in [-0.39, 0.29) is 17.6 Å². The van der Waals surface area contributed by atoms with Crippen LogP contribution in [-0.4, -0.2) is 24.2 Å². The number of ether oxygens (including phenoxy) is 2. The van der Waals surface area contributed by atoms with E-state index in [9.17, 15) is 4.79 Å². The standard InChI is InChI=1S/C31H51NO3/c1-23(2)10-6-11-24(3)12-7-13-25(4)14-8-19-31(5)20-18-26-22-27(16-17-29(26)35-31)34-30(33)28-15-9-21-32-28/h16-17,22-25,28,32H,6-15,18-21H2,1-5H3. The van der Waals surface area contributed by atoms with E-state index in [0.717, 1.165) is 67.7 Å². The molecule has 2 heterocycles. The van der Waals surface area contributed by atoms with Crippen molar-refractivity contribution in [1.82, 2.24) is 5.32 Å². The molecule has 0 saturated carbocycles. The van der Waals surface area contributed by atoms with Crippen LogP contribution in [0.2, 0.25) is 0 Å². The third-order valence-corrected chi connectivity index (χ3v) is 8.15. The molecule has 1 N–H and O–H groups in total. The molecule has 0 amide bonds. The van der Waals surface area contributed by atoms with E-state index in [4.69, 9.17) is 9.47 Å². The summed E-state index contributed by atoms with van der Waals surface area (Å²) in [5.74, 6) is 3.93. The minimum atomic E-state index is -0.168. The third-order valence-electron chi connectivity index (χ3n) is 8.15. The van der Waals surface area contributed by atoms with Gasteiger partial charge in [-0.05, 0) is 93.5 Å². The number of esters is 1. The molecule has 198 valence electrons. The Balaban J connectivity index is 1.34. The molecule has 1 saturated heterocycles. The van der Waals surface area contributed by atoms with Gasteiger partial charge in [-0.15, -0.1) is 0 Å². The third kappa shape index (κ3) is 9.44. The Morgan fingerprint density at radius 3 is 2.40 bits per heavy atom. The van der Waals surface area contributed by atoms with Crippen molar-refractivity contribution >= 4 is 5.97 Å². The first kappa shape index (κ1) is 28.0. The van der Waals surface area contributed by atoms with Crippen LogP contribution in [0.1, 0.15) is 117 Å². The van der Waals surface area contributed by atoms with Crippen LogP contribution in [0.4, 0.5) is 0 Å². The molecule has 4 unspecified atom stereocenters. The van der Waals surface area contributed by atoms with Crippen LogP contribution < -0.4 is 14.8 Å². The zero-order chi connectivity index (χ0) is 25.3. The Hall–Kier alpha value is -1.55. The van der Waals surface area contributed by atoms with Gasteiger partial charge in [-0.25, -0.2) is 4.79 Å². The summed E-state index contributed by atoms with van der Waals surface area (Å²) in [6, 6.07) is 5.70. The summed E-state index contributed by atoms with van der Waals surface area (Å²) in [6.07, 6.45) is 15.8. The number of benzene rings is 1. The predicted molar refractivity (Wildman–Crippen MR) is 145 cm³/mol. The van der Waals surface area contributed by atoms with Crippen molar-refractivity contribution in [3.8, 4) is 11.5 Å². The number of carbonyl (C=O) groups excluding carboxylic acids is 1. The van der Waals surface area contributed by atoms with Crippen LogP contribution in [0.3, 0.4) is 0 Å². The van der Waals surface area contributed by atoms with Gasteiger partial charge in [-0.1, -0.05) is 72.6 Å². The molecule has 0 aromatic heterocycles. The van der Waals surface area contributed by atoms with Crippen LogP contribution in [0.15, 0.2) is 18.2 Å². The zero-order valence-corrected chi connectivity index (χ0v) is 23.2. The van der Waals surface area contributed by atoms with Gasteiger partial charge < -0.3 is 14.8 Å². The number of hydrogen-bond donors (Lipinski definition) is 1. The first-order valence-electron chi connectivity index (χ1n) is 14.5. The average molecular weight is 486 g/mol. The number of rotatable bonds is 14. The molecule has 1 fully saturated rings. The molecule has 0 bridgehead atoms. The Bertz CT molecular complexity index is 785. The highest BCUT2D eigenvalue weighted by Crippen LogP contribution is 2.38. The summed E-state index contributed by atoms with van der Waals surface area (Å²) in [6.45, 7) is 12.7. The molecule has 1 aromatic rings. The summed E-state index contributed by atoms with van der Waals surface area (Å²) in [5.41, 5.74) is 1.06. The van der Waals surface area contributed by atoms with E-state index in [1.165, 1.54) is 51.4 Å². The highest BCUT2D eigenvalue weighted by Gasteiger charge is 2.32. The van der Waals surface area contributed by atoms with Crippen molar-refractivity contribution in [1.29, 1.82) is 0 Å². The van der Waals surface area contributed by atoms with E-state index in [2.05, 4.69) is 39.9 Å². The molecule has 2 aliphatic rings. The highest BCUT2D eigenvalue weighted by molar-refractivity contribution is 5.78. The SMILES string of the molecule is CC(C)CCCC(C)CCCC(C)CCCC1(C)CCc2cc(OC(=O)C3CCCN3)ccc2O1. The highest BCUT2D eigenvalue weighted by atomic mass is 16.5. The second-order valence-corrected chi connectivity index (χ2v) is 12.2. The van der Waals surface area contributed by atoms with Crippen LogP contribution in [0.5, 0.6) is 11.5 Å². The minimum Gasteiger partial charge on any atom is -0.487 e. The molecule has 4 heteroatoms. The predicted octanol–water partition coefficient (Wildman–Crippen LogP) is 7.87.